The molecular formula is C24H30ClN3O4S. The normalized spacial score (nSPS) is 16.8. The van der Waals surface area contributed by atoms with E-state index in [1.54, 1.807) is 40.7 Å². The van der Waals surface area contributed by atoms with Crippen LogP contribution < -0.4 is 10.6 Å². The molecule has 1 aliphatic rings. The van der Waals surface area contributed by atoms with Crippen LogP contribution >= 0.6 is 11.6 Å². The van der Waals surface area contributed by atoms with Crippen LogP contribution in [0.3, 0.4) is 0 Å². The molecule has 0 saturated carbocycles. The maximum absolute atomic E-state index is 13.1. The van der Waals surface area contributed by atoms with Gasteiger partial charge in [-0.2, -0.15) is 4.31 Å². The van der Waals surface area contributed by atoms with Crippen molar-refractivity contribution >= 4 is 33.4 Å². The third-order valence-electron chi connectivity index (χ3n) is 5.78. The van der Waals surface area contributed by atoms with Crippen molar-refractivity contribution in [2.75, 3.05) is 19.6 Å². The quantitative estimate of drug-likeness (QED) is 0.555. The maximum Gasteiger partial charge on any atom is 0.309 e. The Hall–Kier alpha value is -2.42. The average Bonchev–Trinajstić information content (AvgIpc) is 2.80. The molecule has 0 unspecified atom stereocenters. The highest BCUT2D eigenvalue weighted by Crippen LogP contribution is 2.27. The molecule has 0 aromatic heterocycles. The first kappa shape index (κ1) is 25.2. The monoisotopic (exact) mass is 491 g/mol. The Balaban J connectivity index is 1.47. The molecule has 9 heteroatoms. The van der Waals surface area contributed by atoms with Gasteiger partial charge >= 0.3 is 11.8 Å². The zero-order valence-corrected chi connectivity index (χ0v) is 20.3. The van der Waals surface area contributed by atoms with Crippen molar-refractivity contribution in [1.29, 1.82) is 0 Å². The predicted molar refractivity (Wildman–Crippen MR) is 129 cm³/mol. The predicted octanol–water partition coefficient (Wildman–Crippen LogP) is 3.06. The van der Waals surface area contributed by atoms with Crippen molar-refractivity contribution in [3.05, 3.63) is 64.7 Å². The Kier molecular flexibility index (Phi) is 8.88. The standard InChI is InChI=1S/C24H30ClN3O4S/c1-18-5-11-22(12-6-18)33(31,32)28-17-3-2-4-21(28)14-16-27-24(30)23(29)26-15-13-19-7-9-20(25)10-8-19/h5-12,21H,2-4,13-17H2,1H3,(H,26,29)(H,27,30)/t21-/m0/s1. The number of sulfonamides is 1. The van der Waals surface area contributed by atoms with Gasteiger partial charge in [-0.05, 0) is 62.4 Å². The number of halogens is 1. The third kappa shape index (κ3) is 7.03. The molecule has 1 heterocycles. The fourth-order valence-electron chi connectivity index (χ4n) is 3.91. The number of hydrogen-bond donors (Lipinski definition) is 2. The van der Waals surface area contributed by atoms with Gasteiger partial charge in [0, 0.05) is 30.7 Å². The van der Waals surface area contributed by atoms with Crippen LogP contribution in [0.15, 0.2) is 53.4 Å². The van der Waals surface area contributed by atoms with Gasteiger partial charge < -0.3 is 10.6 Å². The van der Waals surface area contributed by atoms with E-state index >= 15 is 0 Å². The Bertz CT molecular complexity index is 1060. The summed E-state index contributed by atoms with van der Waals surface area (Å²) in [6.45, 7) is 2.93. The molecule has 1 fully saturated rings. The molecule has 1 saturated heterocycles. The lowest BCUT2D eigenvalue weighted by Crippen LogP contribution is -2.46. The molecule has 7 nitrogen and oxygen atoms in total. The number of hydrogen-bond acceptors (Lipinski definition) is 4. The van der Waals surface area contributed by atoms with Crippen LogP contribution in [0, 0.1) is 6.92 Å². The minimum absolute atomic E-state index is 0.210. The summed E-state index contributed by atoms with van der Waals surface area (Å²) >= 11 is 5.85. The van der Waals surface area contributed by atoms with Crippen molar-refractivity contribution < 1.29 is 18.0 Å². The molecule has 1 atom stereocenters. The summed E-state index contributed by atoms with van der Waals surface area (Å²) in [6.07, 6.45) is 3.51. The van der Waals surface area contributed by atoms with Crippen LogP contribution in [0.25, 0.3) is 0 Å². The second-order valence-corrected chi connectivity index (χ2v) is 10.6. The van der Waals surface area contributed by atoms with E-state index in [1.807, 2.05) is 19.1 Å². The first-order chi connectivity index (χ1) is 15.8. The Morgan fingerprint density at radius 2 is 1.61 bits per heavy atom. The van der Waals surface area contributed by atoms with E-state index in [0.29, 0.717) is 31.0 Å². The second kappa shape index (κ2) is 11.6. The highest BCUT2D eigenvalue weighted by Gasteiger charge is 2.33. The van der Waals surface area contributed by atoms with Gasteiger partial charge in [0.05, 0.1) is 4.90 Å². The van der Waals surface area contributed by atoms with Crippen LogP contribution in [0.4, 0.5) is 0 Å². The minimum Gasteiger partial charge on any atom is -0.348 e. The number of aryl methyl sites for hydroxylation is 1. The maximum atomic E-state index is 13.1. The first-order valence-corrected chi connectivity index (χ1v) is 13.0. The minimum atomic E-state index is -3.60. The van der Waals surface area contributed by atoms with Crippen LogP contribution in [0.1, 0.15) is 36.8 Å². The number of amides is 2. The molecule has 0 bridgehead atoms. The molecule has 0 radical (unpaired) electrons. The van der Waals surface area contributed by atoms with Gasteiger partial charge in [0.2, 0.25) is 10.0 Å². The van der Waals surface area contributed by atoms with Crippen LogP contribution in [0.5, 0.6) is 0 Å². The number of piperidine rings is 1. The van der Waals surface area contributed by atoms with Crippen molar-refractivity contribution in [3.8, 4) is 0 Å². The van der Waals surface area contributed by atoms with Crippen molar-refractivity contribution in [2.45, 2.75) is 50.0 Å². The fourth-order valence-corrected chi connectivity index (χ4v) is 5.76. The van der Waals surface area contributed by atoms with Crippen LogP contribution in [0.2, 0.25) is 5.02 Å². The molecular weight excluding hydrogens is 462 g/mol. The van der Waals surface area contributed by atoms with Crippen molar-refractivity contribution in [1.82, 2.24) is 14.9 Å². The summed E-state index contributed by atoms with van der Waals surface area (Å²) in [5.41, 5.74) is 2.01. The zero-order chi connectivity index (χ0) is 23.8. The molecule has 2 aromatic rings. The number of nitrogens with one attached hydrogen (secondary N) is 2. The van der Waals surface area contributed by atoms with E-state index in [9.17, 15) is 18.0 Å². The highest BCUT2D eigenvalue weighted by molar-refractivity contribution is 7.89. The number of nitrogens with zero attached hydrogens (tertiary/aromatic N) is 1. The SMILES string of the molecule is Cc1ccc(S(=O)(=O)N2CCCC[C@H]2CCNC(=O)C(=O)NCCc2ccc(Cl)cc2)cc1. The second-order valence-electron chi connectivity index (χ2n) is 8.26. The molecule has 0 spiro atoms. The van der Waals surface area contributed by atoms with Crippen molar-refractivity contribution in [3.63, 3.8) is 0 Å². The van der Waals surface area contributed by atoms with Gasteiger partial charge in [0.15, 0.2) is 0 Å². The van der Waals surface area contributed by atoms with Crippen LogP contribution in [-0.4, -0.2) is 50.2 Å². The molecule has 2 N–H and O–H groups in total. The van der Waals surface area contributed by atoms with E-state index in [-0.39, 0.29) is 17.5 Å². The fraction of sp³-hybridized carbons (Fsp3) is 0.417. The number of rotatable bonds is 8. The number of carbonyl (C=O) groups excluding carboxylic acids is 2. The molecule has 2 aromatic carbocycles. The van der Waals surface area contributed by atoms with Gasteiger partial charge in [-0.15, -0.1) is 0 Å². The van der Waals surface area contributed by atoms with Crippen molar-refractivity contribution in [2.24, 2.45) is 0 Å². The molecule has 33 heavy (non-hydrogen) atoms. The zero-order valence-electron chi connectivity index (χ0n) is 18.7. The number of benzene rings is 2. The molecule has 178 valence electrons. The highest BCUT2D eigenvalue weighted by atomic mass is 35.5. The van der Waals surface area contributed by atoms with E-state index < -0.39 is 21.8 Å². The summed E-state index contributed by atoms with van der Waals surface area (Å²) in [5, 5.41) is 5.86. The largest absolute Gasteiger partial charge is 0.348 e. The summed E-state index contributed by atoms with van der Waals surface area (Å²) in [5.74, 6) is -1.41. The summed E-state index contributed by atoms with van der Waals surface area (Å²) < 4.78 is 27.8. The van der Waals surface area contributed by atoms with E-state index in [4.69, 9.17) is 11.6 Å². The van der Waals surface area contributed by atoms with E-state index in [1.165, 1.54) is 0 Å². The summed E-state index contributed by atoms with van der Waals surface area (Å²) in [6, 6.07) is 13.9. The van der Waals surface area contributed by atoms with E-state index in [2.05, 4.69) is 10.6 Å². The molecule has 0 aliphatic carbocycles. The summed E-state index contributed by atoms with van der Waals surface area (Å²) in [7, 11) is -3.60. The lowest BCUT2D eigenvalue weighted by Gasteiger charge is -2.34. The summed E-state index contributed by atoms with van der Waals surface area (Å²) in [4.78, 5) is 24.5. The van der Waals surface area contributed by atoms with Gasteiger partial charge in [-0.1, -0.05) is 47.9 Å². The van der Waals surface area contributed by atoms with Gasteiger partial charge in [-0.3, -0.25) is 9.59 Å². The average molecular weight is 492 g/mol. The Morgan fingerprint density at radius 3 is 2.27 bits per heavy atom. The topological polar surface area (TPSA) is 95.6 Å². The molecule has 1 aliphatic heterocycles. The smallest absolute Gasteiger partial charge is 0.309 e. The van der Waals surface area contributed by atoms with Gasteiger partial charge in [0.25, 0.3) is 0 Å². The lowest BCUT2D eigenvalue weighted by atomic mass is 10.0. The molecule has 2 amide bonds. The third-order valence-corrected chi connectivity index (χ3v) is 8.00. The van der Waals surface area contributed by atoms with Gasteiger partial charge in [-0.25, -0.2) is 8.42 Å². The Morgan fingerprint density at radius 1 is 0.970 bits per heavy atom. The molecule has 3 rings (SSSR count). The number of carbonyl (C=O) groups is 2. The van der Waals surface area contributed by atoms with Gasteiger partial charge in [0.1, 0.15) is 0 Å². The first-order valence-electron chi connectivity index (χ1n) is 11.2. The van der Waals surface area contributed by atoms with Crippen LogP contribution in [-0.2, 0) is 26.0 Å². The Labute approximate surface area is 200 Å². The van der Waals surface area contributed by atoms with E-state index in [0.717, 1.165) is 30.4 Å². The lowest BCUT2D eigenvalue weighted by molar-refractivity contribution is -0.139.